The minimum absolute atomic E-state index is 0.211. The van der Waals surface area contributed by atoms with Gasteiger partial charge in [0.25, 0.3) is 11.5 Å². The van der Waals surface area contributed by atoms with Crippen LogP contribution >= 0.6 is 11.8 Å². The zero-order chi connectivity index (χ0) is 23.5. The number of rotatable bonds is 6. The van der Waals surface area contributed by atoms with Crippen LogP contribution in [0.5, 0.6) is 11.5 Å². The maximum absolute atomic E-state index is 12.6. The summed E-state index contributed by atoms with van der Waals surface area (Å²) >= 11 is 1.48. The molecule has 34 heavy (non-hydrogen) atoms. The van der Waals surface area contributed by atoms with Crippen LogP contribution in [0, 0.1) is 6.92 Å². The van der Waals surface area contributed by atoms with Gasteiger partial charge < -0.3 is 14.8 Å². The van der Waals surface area contributed by atoms with E-state index < -0.39 is 0 Å². The third kappa shape index (κ3) is 4.82. The van der Waals surface area contributed by atoms with Gasteiger partial charge in [0.05, 0.1) is 5.69 Å². The number of ether oxygens (including phenoxy) is 2. The van der Waals surface area contributed by atoms with Crippen LogP contribution in [0.25, 0.3) is 5.69 Å². The van der Waals surface area contributed by atoms with E-state index in [9.17, 15) is 9.59 Å². The van der Waals surface area contributed by atoms with Crippen molar-refractivity contribution in [1.82, 2.24) is 15.1 Å². The van der Waals surface area contributed by atoms with Crippen molar-refractivity contribution in [3.8, 4) is 17.2 Å². The molecule has 0 saturated heterocycles. The zero-order valence-electron chi connectivity index (χ0n) is 18.4. The van der Waals surface area contributed by atoms with Crippen molar-refractivity contribution in [1.29, 1.82) is 0 Å². The summed E-state index contributed by atoms with van der Waals surface area (Å²) in [6, 6.07) is 23.7. The fourth-order valence-corrected chi connectivity index (χ4v) is 4.22. The smallest absolute Gasteiger partial charge is 0.271 e. The summed E-state index contributed by atoms with van der Waals surface area (Å²) in [6.45, 7) is 2.60. The molecule has 0 radical (unpaired) electrons. The third-order valence-corrected chi connectivity index (χ3v) is 6.22. The van der Waals surface area contributed by atoms with E-state index in [0.717, 1.165) is 10.5 Å². The molecule has 0 fully saturated rings. The van der Waals surface area contributed by atoms with Crippen molar-refractivity contribution in [3.05, 3.63) is 106 Å². The molecular weight excluding hydrogens is 450 g/mol. The van der Waals surface area contributed by atoms with E-state index >= 15 is 0 Å². The number of fused-ring (bicyclic) bond motifs is 1. The summed E-state index contributed by atoms with van der Waals surface area (Å²) in [5, 5.41) is 8.08. The molecule has 5 rings (SSSR count). The number of aryl methyl sites for hydroxylation is 1. The molecule has 8 heteroatoms. The minimum Gasteiger partial charge on any atom is -0.454 e. The Morgan fingerprint density at radius 3 is 2.53 bits per heavy atom. The van der Waals surface area contributed by atoms with Crippen molar-refractivity contribution in [2.45, 2.75) is 23.4 Å². The van der Waals surface area contributed by atoms with E-state index in [0.29, 0.717) is 34.3 Å². The van der Waals surface area contributed by atoms with Crippen LogP contribution in [0.4, 0.5) is 0 Å². The second kappa shape index (κ2) is 9.44. The third-order valence-electron chi connectivity index (χ3n) is 5.28. The van der Waals surface area contributed by atoms with Crippen LogP contribution in [0.15, 0.2) is 93.6 Å². The van der Waals surface area contributed by atoms with Crippen LogP contribution in [0.3, 0.4) is 0 Å². The Bertz CT molecular complexity index is 1400. The monoisotopic (exact) mass is 471 g/mol. The van der Waals surface area contributed by atoms with Gasteiger partial charge in [-0.1, -0.05) is 35.5 Å². The first kappa shape index (κ1) is 21.8. The average molecular weight is 472 g/mol. The fourth-order valence-electron chi connectivity index (χ4n) is 3.45. The molecule has 4 aromatic rings. The van der Waals surface area contributed by atoms with Crippen LogP contribution in [-0.4, -0.2) is 22.5 Å². The van der Waals surface area contributed by atoms with E-state index in [1.165, 1.54) is 28.1 Å². The standard InChI is InChI=1S/C26H21N3O4S/c1-17-2-9-21(10-3-17)34-24-12-13-25(30)29(28-24)20-7-5-19(6-8-20)26(31)27-15-18-4-11-22-23(14-18)33-16-32-22/h2-14H,15-16H2,1H3,(H,27,31). The number of carbonyl (C=O) groups is 1. The number of aromatic nitrogens is 2. The normalized spacial score (nSPS) is 11.9. The Morgan fingerprint density at radius 1 is 0.971 bits per heavy atom. The molecule has 0 atom stereocenters. The Kier molecular flexibility index (Phi) is 6.05. The van der Waals surface area contributed by atoms with Crippen molar-refractivity contribution >= 4 is 17.7 Å². The number of carbonyl (C=O) groups excluding carboxylic acids is 1. The van der Waals surface area contributed by atoms with Crippen LogP contribution in [0.2, 0.25) is 0 Å². The van der Waals surface area contributed by atoms with Gasteiger partial charge in [-0.3, -0.25) is 9.59 Å². The number of amides is 1. The Balaban J connectivity index is 1.27. The van der Waals surface area contributed by atoms with E-state index in [1.807, 2.05) is 49.4 Å². The van der Waals surface area contributed by atoms with Crippen molar-refractivity contribution < 1.29 is 14.3 Å². The second-order valence-corrected chi connectivity index (χ2v) is 8.85. The topological polar surface area (TPSA) is 82.5 Å². The van der Waals surface area contributed by atoms with Crippen molar-refractivity contribution in [2.75, 3.05) is 6.79 Å². The molecule has 3 aromatic carbocycles. The summed E-state index contributed by atoms with van der Waals surface area (Å²) in [5.74, 6) is 1.17. The van der Waals surface area contributed by atoms with Gasteiger partial charge in [-0.2, -0.15) is 9.78 Å². The maximum atomic E-state index is 12.6. The zero-order valence-corrected chi connectivity index (χ0v) is 19.2. The van der Waals surface area contributed by atoms with E-state index in [4.69, 9.17) is 9.47 Å². The highest BCUT2D eigenvalue weighted by atomic mass is 32.2. The number of nitrogens with zero attached hydrogens (tertiary/aromatic N) is 2. The predicted molar refractivity (Wildman–Crippen MR) is 129 cm³/mol. The molecule has 1 aliphatic heterocycles. The average Bonchev–Trinajstić information content (AvgIpc) is 3.33. The molecule has 7 nitrogen and oxygen atoms in total. The summed E-state index contributed by atoms with van der Waals surface area (Å²) in [6.07, 6.45) is 0. The van der Waals surface area contributed by atoms with Gasteiger partial charge in [0.15, 0.2) is 11.5 Å². The molecule has 1 aliphatic rings. The van der Waals surface area contributed by atoms with E-state index in [1.54, 1.807) is 30.3 Å². The highest BCUT2D eigenvalue weighted by Gasteiger charge is 2.14. The first-order chi connectivity index (χ1) is 16.5. The molecule has 0 bridgehead atoms. The lowest BCUT2D eigenvalue weighted by molar-refractivity contribution is 0.0951. The second-order valence-electron chi connectivity index (χ2n) is 7.75. The molecule has 0 spiro atoms. The summed E-state index contributed by atoms with van der Waals surface area (Å²) in [7, 11) is 0. The molecule has 0 saturated carbocycles. The number of nitrogens with one attached hydrogen (secondary N) is 1. The lowest BCUT2D eigenvalue weighted by Gasteiger charge is -2.09. The highest BCUT2D eigenvalue weighted by Crippen LogP contribution is 2.32. The molecule has 1 N–H and O–H groups in total. The highest BCUT2D eigenvalue weighted by molar-refractivity contribution is 7.99. The van der Waals surface area contributed by atoms with Crippen LogP contribution in [0.1, 0.15) is 21.5 Å². The van der Waals surface area contributed by atoms with Crippen molar-refractivity contribution in [2.24, 2.45) is 0 Å². The molecule has 0 aliphatic carbocycles. The van der Waals surface area contributed by atoms with Crippen molar-refractivity contribution in [3.63, 3.8) is 0 Å². The van der Waals surface area contributed by atoms with Gasteiger partial charge in [-0.25, -0.2) is 0 Å². The number of benzene rings is 3. The quantitative estimate of drug-likeness (QED) is 0.450. The van der Waals surface area contributed by atoms with E-state index in [-0.39, 0.29) is 18.3 Å². The fraction of sp³-hybridized carbons (Fsp3) is 0.115. The van der Waals surface area contributed by atoms with Gasteiger partial charge >= 0.3 is 0 Å². The Morgan fingerprint density at radius 2 is 1.74 bits per heavy atom. The SMILES string of the molecule is Cc1ccc(Sc2ccc(=O)n(-c3ccc(C(=O)NCc4ccc5c(c4)OCO5)cc3)n2)cc1. The molecule has 0 unspecified atom stereocenters. The summed E-state index contributed by atoms with van der Waals surface area (Å²) < 4.78 is 12.0. The first-order valence-electron chi connectivity index (χ1n) is 10.7. The van der Waals surface area contributed by atoms with Gasteiger partial charge in [0, 0.05) is 23.1 Å². The molecule has 170 valence electrons. The number of hydrogen-bond donors (Lipinski definition) is 1. The predicted octanol–water partition coefficient (Wildman–Crippen LogP) is 4.35. The van der Waals surface area contributed by atoms with Gasteiger partial charge in [-0.05, 0) is 67.1 Å². The molecular formula is C26H21N3O4S. The van der Waals surface area contributed by atoms with Crippen LogP contribution < -0.4 is 20.3 Å². The van der Waals surface area contributed by atoms with Crippen LogP contribution in [-0.2, 0) is 6.54 Å². The largest absolute Gasteiger partial charge is 0.454 e. The van der Waals surface area contributed by atoms with E-state index in [2.05, 4.69) is 10.4 Å². The number of hydrogen-bond acceptors (Lipinski definition) is 6. The molecule has 2 heterocycles. The van der Waals surface area contributed by atoms with Gasteiger partial charge in [0.1, 0.15) is 5.03 Å². The lowest BCUT2D eigenvalue weighted by Crippen LogP contribution is -2.23. The van der Waals surface area contributed by atoms with Gasteiger partial charge in [-0.15, -0.1) is 0 Å². The molecule has 1 amide bonds. The first-order valence-corrected chi connectivity index (χ1v) is 11.5. The lowest BCUT2D eigenvalue weighted by atomic mass is 10.1. The Labute approximate surface area is 200 Å². The van der Waals surface area contributed by atoms with Gasteiger partial charge in [0.2, 0.25) is 6.79 Å². The Hall–Kier alpha value is -4.04. The maximum Gasteiger partial charge on any atom is 0.271 e. The summed E-state index contributed by atoms with van der Waals surface area (Å²) in [4.78, 5) is 26.1. The molecule has 1 aromatic heterocycles. The minimum atomic E-state index is -0.242. The summed E-state index contributed by atoms with van der Waals surface area (Å²) in [5.41, 5.74) is 2.93.